The summed E-state index contributed by atoms with van der Waals surface area (Å²) in [5.74, 6) is 0.397. The number of hydrogen-bond acceptors (Lipinski definition) is 3. The van der Waals surface area contributed by atoms with Crippen LogP contribution in [-0.2, 0) is 10.2 Å². The normalized spacial score (nSPS) is 19.2. The molecule has 0 aromatic heterocycles. The molecule has 1 unspecified atom stereocenters. The Balaban J connectivity index is 0.00000324. The highest BCUT2D eigenvalue weighted by atomic mass is 35.5. The van der Waals surface area contributed by atoms with Gasteiger partial charge in [0.1, 0.15) is 0 Å². The lowest BCUT2D eigenvalue weighted by Crippen LogP contribution is -2.51. The Kier molecular flexibility index (Phi) is 9.19. The van der Waals surface area contributed by atoms with Crippen LogP contribution < -0.4 is 10.5 Å². The summed E-state index contributed by atoms with van der Waals surface area (Å²) in [6.07, 6.45) is 5.81. The van der Waals surface area contributed by atoms with Gasteiger partial charge >= 0.3 is 0 Å². The molecule has 3 N–H and O–H groups in total. The molecule has 7 heteroatoms. The molecule has 0 saturated heterocycles. The summed E-state index contributed by atoms with van der Waals surface area (Å²) in [7, 11) is -3.38. The van der Waals surface area contributed by atoms with Crippen molar-refractivity contribution in [3.8, 4) is 0 Å². The van der Waals surface area contributed by atoms with E-state index in [1.807, 2.05) is 13.8 Å². The molecule has 1 atom stereocenters. The molecule has 0 aromatic carbocycles. The lowest BCUT2D eigenvalue weighted by Gasteiger charge is -2.31. The van der Waals surface area contributed by atoms with E-state index in [0.29, 0.717) is 25.6 Å². The van der Waals surface area contributed by atoms with Crippen molar-refractivity contribution < 1.29 is 8.42 Å². The van der Waals surface area contributed by atoms with Gasteiger partial charge in [0.25, 0.3) is 10.2 Å². The molecule has 19 heavy (non-hydrogen) atoms. The fraction of sp³-hybridized carbons (Fsp3) is 1.00. The molecule has 1 saturated carbocycles. The number of hydrogen-bond donors (Lipinski definition) is 2. The Morgan fingerprint density at radius 3 is 2.16 bits per heavy atom. The molecule has 1 fully saturated rings. The third-order valence-electron chi connectivity index (χ3n) is 3.82. The van der Waals surface area contributed by atoms with Gasteiger partial charge in [-0.25, -0.2) is 0 Å². The van der Waals surface area contributed by atoms with Crippen molar-refractivity contribution in [1.82, 2.24) is 9.03 Å². The Bertz CT molecular complexity index is 328. The molecule has 0 spiro atoms. The largest absolute Gasteiger partial charge is 0.329 e. The van der Waals surface area contributed by atoms with Crippen LogP contribution in [0.4, 0.5) is 0 Å². The number of nitrogens with one attached hydrogen (secondary N) is 1. The van der Waals surface area contributed by atoms with Crippen LogP contribution in [-0.4, -0.2) is 38.4 Å². The van der Waals surface area contributed by atoms with Crippen LogP contribution in [0.1, 0.15) is 46.0 Å². The summed E-state index contributed by atoms with van der Waals surface area (Å²) in [4.78, 5) is 0. The lowest BCUT2D eigenvalue weighted by atomic mass is 9.84. The molecule has 116 valence electrons. The van der Waals surface area contributed by atoms with Crippen molar-refractivity contribution in [2.24, 2.45) is 11.7 Å². The molecule has 0 aliphatic heterocycles. The van der Waals surface area contributed by atoms with Crippen LogP contribution in [0.25, 0.3) is 0 Å². The van der Waals surface area contributed by atoms with Gasteiger partial charge in [0.05, 0.1) is 0 Å². The van der Waals surface area contributed by atoms with E-state index in [4.69, 9.17) is 5.73 Å². The summed E-state index contributed by atoms with van der Waals surface area (Å²) >= 11 is 0. The predicted molar refractivity (Wildman–Crippen MR) is 81.6 cm³/mol. The van der Waals surface area contributed by atoms with Crippen molar-refractivity contribution in [2.45, 2.75) is 52.0 Å². The van der Waals surface area contributed by atoms with E-state index in [-0.39, 0.29) is 18.4 Å². The smallest absolute Gasteiger partial charge is 0.279 e. The molecular weight excluding hydrogens is 286 g/mol. The van der Waals surface area contributed by atoms with Gasteiger partial charge in [-0.1, -0.05) is 33.1 Å². The Hall–Kier alpha value is 0.120. The van der Waals surface area contributed by atoms with E-state index < -0.39 is 10.2 Å². The van der Waals surface area contributed by atoms with Crippen molar-refractivity contribution in [2.75, 3.05) is 19.6 Å². The first-order valence-electron chi connectivity index (χ1n) is 7.02. The second kappa shape index (κ2) is 9.13. The van der Waals surface area contributed by atoms with E-state index in [2.05, 4.69) is 4.72 Å². The number of nitrogens with two attached hydrogens (primary N) is 1. The van der Waals surface area contributed by atoms with Crippen LogP contribution in [0, 0.1) is 5.92 Å². The van der Waals surface area contributed by atoms with Crippen molar-refractivity contribution in [3.63, 3.8) is 0 Å². The first-order chi connectivity index (χ1) is 8.55. The van der Waals surface area contributed by atoms with E-state index in [1.165, 1.54) is 23.6 Å². The quantitative estimate of drug-likeness (QED) is 0.748. The number of nitrogens with zero attached hydrogens (tertiary/aromatic N) is 1. The molecule has 0 aromatic rings. The van der Waals surface area contributed by atoms with Crippen LogP contribution in [0.3, 0.4) is 0 Å². The molecule has 1 rings (SSSR count). The molecule has 0 radical (unpaired) electrons. The summed E-state index contributed by atoms with van der Waals surface area (Å²) in [6, 6.07) is -0.115. The summed E-state index contributed by atoms with van der Waals surface area (Å²) in [5, 5.41) is 0. The molecule has 0 heterocycles. The Morgan fingerprint density at radius 1 is 1.21 bits per heavy atom. The standard InChI is InChI=1S/C12H27N3O2S.ClH/c1-3-15(4-2)18(16,17)14-12(10-13)11-8-6-5-7-9-11;/h11-12,14H,3-10,13H2,1-2H3;1H. The van der Waals surface area contributed by atoms with Crippen LogP contribution in [0.5, 0.6) is 0 Å². The number of halogens is 1. The highest BCUT2D eigenvalue weighted by Crippen LogP contribution is 2.26. The third kappa shape index (κ3) is 5.55. The molecule has 1 aliphatic rings. The second-order valence-electron chi connectivity index (χ2n) is 4.95. The van der Waals surface area contributed by atoms with Gasteiger partial charge in [0.15, 0.2) is 0 Å². The maximum absolute atomic E-state index is 12.2. The van der Waals surface area contributed by atoms with Gasteiger partial charge in [0, 0.05) is 25.7 Å². The summed E-state index contributed by atoms with van der Waals surface area (Å²) in [6.45, 7) is 5.06. The van der Waals surface area contributed by atoms with Crippen LogP contribution in [0.15, 0.2) is 0 Å². The Labute approximate surface area is 123 Å². The highest BCUT2D eigenvalue weighted by Gasteiger charge is 2.28. The minimum absolute atomic E-state index is 0. The SMILES string of the molecule is CCN(CC)S(=O)(=O)NC(CN)C1CCCCC1.Cl. The minimum Gasteiger partial charge on any atom is -0.329 e. The monoisotopic (exact) mass is 313 g/mol. The van der Waals surface area contributed by atoms with E-state index in [9.17, 15) is 8.42 Å². The topological polar surface area (TPSA) is 75.4 Å². The summed E-state index contributed by atoms with van der Waals surface area (Å²) in [5.41, 5.74) is 5.75. The summed E-state index contributed by atoms with van der Waals surface area (Å²) < 4.78 is 28.6. The second-order valence-corrected chi connectivity index (χ2v) is 6.65. The zero-order valence-corrected chi connectivity index (χ0v) is 13.6. The van der Waals surface area contributed by atoms with E-state index in [0.717, 1.165) is 12.8 Å². The predicted octanol–water partition coefficient (Wildman–Crippen LogP) is 1.49. The minimum atomic E-state index is -3.38. The zero-order valence-electron chi connectivity index (χ0n) is 12.0. The maximum Gasteiger partial charge on any atom is 0.279 e. The van der Waals surface area contributed by atoms with Gasteiger partial charge in [-0.15, -0.1) is 12.4 Å². The fourth-order valence-electron chi connectivity index (χ4n) is 2.70. The van der Waals surface area contributed by atoms with Crippen LogP contribution in [0.2, 0.25) is 0 Å². The van der Waals surface area contributed by atoms with Gasteiger partial charge in [0.2, 0.25) is 0 Å². The Morgan fingerprint density at radius 2 is 1.74 bits per heavy atom. The molecule has 1 aliphatic carbocycles. The third-order valence-corrected chi connectivity index (χ3v) is 5.62. The van der Waals surface area contributed by atoms with Gasteiger partial charge in [-0.3, -0.25) is 0 Å². The lowest BCUT2D eigenvalue weighted by molar-refractivity contribution is 0.289. The average molecular weight is 314 g/mol. The van der Waals surface area contributed by atoms with Gasteiger partial charge in [-0.2, -0.15) is 17.4 Å². The van der Waals surface area contributed by atoms with Crippen molar-refractivity contribution >= 4 is 22.6 Å². The van der Waals surface area contributed by atoms with E-state index in [1.54, 1.807) is 0 Å². The molecule has 0 bridgehead atoms. The maximum atomic E-state index is 12.2. The van der Waals surface area contributed by atoms with Crippen molar-refractivity contribution in [3.05, 3.63) is 0 Å². The van der Waals surface area contributed by atoms with Crippen molar-refractivity contribution in [1.29, 1.82) is 0 Å². The van der Waals surface area contributed by atoms with E-state index >= 15 is 0 Å². The number of rotatable bonds is 7. The molecular formula is C12H28ClN3O2S. The zero-order chi connectivity index (χ0) is 13.6. The first-order valence-corrected chi connectivity index (χ1v) is 8.46. The average Bonchev–Trinajstić information content (AvgIpc) is 2.38. The highest BCUT2D eigenvalue weighted by molar-refractivity contribution is 7.87. The molecule has 5 nitrogen and oxygen atoms in total. The first kappa shape index (κ1) is 19.1. The van der Waals surface area contributed by atoms with Gasteiger partial charge < -0.3 is 5.73 Å². The fourth-order valence-corrected chi connectivity index (χ4v) is 4.20. The van der Waals surface area contributed by atoms with Gasteiger partial charge in [-0.05, 0) is 18.8 Å². The van der Waals surface area contributed by atoms with Crippen LogP contribution >= 0.6 is 12.4 Å². The molecule has 0 amide bonds.